The van der Waals surface area contributed by atoms with E-state index in [-0.39, 0.29) is 11.3 Å². The van der Waals surface area contributed by atoms with Gasteiger partial charge in [0.15, 0.2) is 0 Å². The maximum atomic E-state index is 12.4. The molecule has 2 aromatic rings. The molecule has 0 aliphatic carbocycles. The standard InChI is InChI=1S/C15H17NO6S/c1-16(22-23(4,18)19)15(17)12-8-10-6-5-7-13(20-2)11(10)9-14(12)21-3/h5-9H,1-4H3. The maximum absolute atomic E-state index is 12.4. The van der Waals surface area contributed by atoms with Crippen molar-refractivity contribution in [2.45, 2.75) is 0 Å². The second-order valence-electron chi connectivity index (χ2n) is 4.82. The summed E-state index contributed by atoms with van der Waals surface area (Å²) in [5.74, 6) is 0.286. The summed E-state index contributed by atoms with van der Waals surface area (Å²) in [5.41, 5.74) is 0.180. The highest BCUT2D eigenvalue weighted by molar-refractivity contribution is 7.85. The van der Waals surface area contributed by atoms with Crippen molar-refractivity contribution >= 4 is 26.8 Å². The van der Waals surface area contributed by atoms with Crippen LogP contribution in [0, 0.1) is 0 Å². The molecule has 8 heteroatoms. The van der Waals surface area contributed by atoms with Crippen molar-refractivity contribution in [2.75, 3.05) is 27.5 Å². The third-order valence-electron chi connectivity index (χ3n) is 3.14. The second-order valence-corrected chi connectivity index (χ2v) is 6.37. The van der Waals surface area contributed by atoms with E-state index < -0.39 is 16.0 Å². The normalized spacial score (nSPS) is 11.3. The molecule has 0 bridgehead atoms. The van der Waals surface area contributed by atoms with Gasteiger partial charge in [0.05, 0.1) is 26.0 Å². The van der Waals surface area contributed by atoms with E-state index in [0.717, 1.165) is 17.0 Å². The Morgan fingerprint density at radius 1 is 1.09 bits per heavy atom. The van der Waals surface area contributed by atoms with Crippen LogP contribution in [0.1, 0.15) is 10.4 Å². The number of nitrogens with zero attached hydrogens (tertiary/aromatic N) is 1. The van der Waals surface area contributed by atoms with Gasteiger partial charge < -0.3 is 9.47 Å². The molecule has 0 aromatic heterocycles. The van der Waals surface area contributed by atoms with Gasteiger partial charge in [-0.25, -0.2) is 5.06 Å². The van der Waals surface area contributed by atoms with Crippen molar-refractivity contribution < 1.29 is 27.0 Å². The van der Waals surface area contributed by atoms with Gasteiger partial charge in [0, 0.05) is 12.4 Å². The molecular weight excluding hydrogens is 322 g/mol. The highest BCUT2D eigenvalue weighted by atomic mass is 32.2. The number of rotatable bonds is 5. The Kier molecular flexibility index (Phi) is 4.76. The van der Waals surface area contributed by atoms with Gasteiger partial charge >= 0.3 is 0 Å². The van der Waals surface area contributed by atoms with E-state index in [4.69, 9.17) is 9.47 Å². The zero-order chi connectivity index (χ0) is 17.2. The maximum Gasteiger partial charge on any atom is 0.285 e. The highest BCUT2D eigenvalue weighted by Crippen LogP contribution is 2.32. The molecule has 0 saturated carbocycles. The average Bonchev–Trinajstić information content (AvgIpc) is 2.50. The number of hydroxylamine groups is 2. The van der Waals surface area contributed by atoms with Gasteiger partial charge in [0.1, 0.15) is 11.5 Å². The number of ether oxygens (including phenoxy) is 2. The predicted molar refractivity (Wildman–Crippen MR) is 85.1 cm³/mol. The third kappa shape index (κ3) is 3.72. The van der Waals surface area contributed by atoms with E-state index in [2.05, 4.69) is 4.28 Å². The van der Waals surface area contributed by atoms with E-state index in [1.165, 1.54) is 14.2 Å². The van der Waals surface area contributed by atoms with Gasteiger partial charge in [-0.05, 0) is 23.6 Å². The number of hydrogen-bond acceptors (Lipinski definition) is 6. The molecule has 0 aliphatic rings. The second kappa shape index (κ2) is 6.43. The Balaban J connectivity index is 2.54. The lowest BCUT2D eigenvalue weighted by Crippen LogP contribution is -2.29. The van der Waals surface area contributed by atoms with Crippen LogP contribution in [0.15, 0.2) is 30.3 Å². The highest BCUT2D eigenvalue weighted by Gasteiger charge is 2.22. The number of hydrogen-bond donors (Lipinski definition) is 0. The van der Waals surface area contributed by atoms with Gasteiger partial charge in [-0.1, -0.05) is 12.1 Å². The SMILES string of the molecule is COc1cc2c(OC)cccc2cc1C(=O)N(C)OS(C)(=O)=O. The van der Waals surface area contributed by atoms with Crippen molar-refractivity contribution in [1.29, 1.82) is 0 Å². The number of methoxy groups -OCH3 is 2. The lowest BCUT2D eigenvalue weighted by molar-refractivity contribution is -0.00831. The van der Waals surface area contributed by atoms with E-state index in [1.54, 1.807) is 31.4 Å². The van der Waals surface area contributed by atoms with Crippen molar-refractivity contribution in [3.63, 3.8) is 0 Å². The van der Waals surface area contributed by atoms with Gasteiger partial charge in [-0.2, -0.15) is 8.42 Å². The van der Waals surface area contributed by atoms with Gasteiger partial charge in [0.25, 0.3) is 16.0 Å². The zero-order valence-electron chi connectivity index (χ0n) is 13.2. The molecule has 7 nitrogen and oxygen atoms in total. The summed E-state index contributed by atoms with van der Waals surface area (Å²) < 4.78 is 37.4. The minimum Gasteiger partial charge on any atom is -0.496 e. The van der Waals surface area contributed by atoms with E-state index in [9.17, 15) is 13.2 Å². The lowest BCUT2D eigenvalue weighted by Gasteiger charge is -2.17. The summed E-state index contributed by atoms with van der Waals surface area (Å²) in [5, 5.41) is 2.18. The Hall–Kier alpha value is -2.32. The fourth-order valence-corrected chi connectivity index (χ4v) is 2.67. The van der Waals surface area contributed by atoms with Crippen LogP contribution in [-0.4, -0.2) is 46.9 Å². The topological polar surface area (TPSA) is 82.1 Å². The molecule has 0 N–H and O–H groups in total. The van der Waals surface area contributed by atoms with Crippen LogP contribution < -0.4 is 9.47 Å². The first-order valence-corrected chi connectivity index (χ1v) is 8.41. The lowest BCUT2D eigenvalue weighted by atomic mass is 10.0. The van der Waals surface area contributed by atoms with Crippen LogP contribution in [0.4, 0.5) is 0 Å². The fourth-order valence-electron chi connectivity index (χ4n) is 2.20. The van der Waals surface area contributed by atoms with Gasteiger partial charge in [-0.3, -0.25) is 4.79 Å². The summed E-state index contributed by atoms with van der Waals surface area (Å²) >= 11 is 0. The van der Waals surface area contributed by atoms with Crippen LogP contribution in [0.5, 0.6) is 11.5 Å². The number of carbonyl (C=O) groups is 1. The first-order chi connectivity index (χ1) is 10.8. The van der Waals surface area contributed by atoms with Crippen molar-refractivity contribution in [1.82, 2.24) is 5.06 Å². The summed E-state index contributed by atoms with van der Waals surface area (Å²) in [6.07, 6.45) is 0.860. The number of fused-ring (bicyclic) bond motifs is 1. The largest absolute Gasteiger partial charge is 0.496 e. The predicted octanol–water partition coefficient (Wildman–Crippen LogP) is 1.82. The van der Waals surface area contributed by atoms with E-state index in [1.807, 2.05) is 6.07 Å². The van der Waals surface area contributed by atoms with Crippen molar-refractivity contribution in [3.05, 3.63) is 35.9 Å². The van der Waals surface area contributed by atoms with Crippen LogP contribution in [0.25, 0.3) is 10.8 Å². The van der Waals surface area contributed by atoms with Crippen LogP contribution >= 0.6 is 0 Å². The Morgan fingerprint density at radius 2 is 1.74 bits per heavy atom. The summed E-state index contributed by atoms with van der Waals surface area (Å²) in [6.45, 7) is 0. The fraction of sp³-hybridized carbons (Fsp3) is 0.267. The monoisotopic (exact) mass is 339 g/mol. The van der Waals surface area contributed by atoms with Crippen molar-refractivity contribution in [3.8, 4) is 11.5 Å². The van der Waals surface area contributed by atoms with Crippen LogP contribution in [-0.2, 0) is 14.4 Å². The number of carbonyl (C=O) groups excluding carboxylic acids is 1. The summed E-state index contributed by atoms with van der Waals surface area (Å²) in [4.78, 5) is 12.4. The van der Waals surface area contributed by atoms with Crippen LogP contribution in [0.2, 0.25) is 0 Å². The molecule has 1 amide bonds. The Bertz CT molecular complexity index is 846. The van der Waals surface area contributed by atoms with E-state index >= 15 is 0 Å². The smallest absolute Gasteiger partial charge is 0.285 e. The molecule has 0 spiro atoms. The van der Waals surface area contributed by atoms with Crippen molar-refractivity contribution in [2.24, 2.45) is 0 Å². The van der Waals surface area contributed by atoms with E-state index in [0.29, 0.717) is 10.8 Å². The first-order valence-electron chi connectivity index (χ1n) is 6.59. The minimum absolute atomic E-state index is 0.180. The Labute approximate surface area is 134 Å². The molecule has 124 valence electrons. The van der Waals surface area contributed by atoms with Gasteiger partial charge in [-0.15, -0.1) is 4.28 Å². The first kappa shape index (κ1) is 17.0. The third-order valence-corrected chi connectivity index (χ3v) is 3.64. The van der Waals surface area contributed by atoms with Crippen LogP contribution in [0.3, 0.4) is 0 Å². The summed E-state index contributed by atoms with van der Waals surface area (Å²) in [7, 11) is 0.387. The minimum atomic E-state index is -3.80. The molecular formula is C15H17NO6S. The molecule has 0 aliphatic heterocycles. The molecule has 2 rings (SSSR count). The molecule has 0 saturated heterocycles. The molecule has 0 atom stereocenters. The molecule has 0 unspecified atom stereocenters. The molecule has 0 fully saturated rings. The molecule has 0 radical (unpaired) electrons. The zero-order valence-corrected chi connectivity index (χ0v) is 14.0. The van der Waals surface area contributed by atoms with Gasteiger partial charge in [0.2, 0.25) is 0 Å². The number of amides is 1. The molecule has 2 aromatic carbocycles. The molecule has 0 heterocycles. The Morgan fingerprint density at radius 3 is 2.30 bits per heavy atom. The molecule has 23 heavy (non-hydrogen) atoms. The quantitative estimate of drug-likeness (QED) is 0.773. The number of benzene rings is 2. The average molecular weight is 339 g/mol. The summed E-state index contributed by atoms with van der Waals surface area (Å²) in [6, 6.07) is 8.66.